The molecule has 0 bridgehead atoms. The Labute approximate surface area is 144 Å². The maximum atomic E-state index is 13.2. The van der Waals surface area contributed by atoms with Gasteiger partial charge in [0.05, 0.1) is 10.4 Å². The van der Waals surface area contributed by atoms with E-state index in [4.69, 9.17) is 0 Å². The summed E-state index contributed by atoms with van der Waals surface area (Å²) in [6.07, 6.45) is 2.55. The average molecular weight is 347 g/mol. The molecule has 0 spiro atoms. The molecule has 2 atom stereocenters. The second kappa shape index (κ2) is 6.78. The van der Waals surface area contributed by atoms with Crippen LogP contribution in [0.1, 0.15) is 20.3 Å². The van der Waals surface area contributed by atoms with Crippen LogP contribution in [0.4, 0.5) is 0 Å². The van der Waals surface area contributed by atoms with Crippen LogP contribution >= 0.6 is 0 Å². The van der Waals surface area contributed by atoms with E-state index < -0.39 is 10.0 Å². The van der Waals surface area contributed by atoms with Gasteiger partial charge in [0, 0.05) is 31.2 Å². The van der Waals surface area contributed by atoms with E-state index in [2.05, 4.69) is 23.7 Å². The molecule has 1 aromatic heterocycles. The maximum Gasteiger partial charge on any atom is 0.243 e. The van der Waals surface area contributed by atoms with Crippen molar-refractivity contribution in [3.05, 3.63) is 36.5 Å². The Morgan fingerprint density at radius 1 is 1.29 bits per heavy atom. The van der Waals surface area contributed by atoms with Crippen molar-refractivity contribution in [2.45, 2.75) is 31.2 Å². The van der Waals surface area contributed by atoms with Crippen LogP contribution in [-0.4, -0.2) is 55.3 Å². The summed E-state index contributed by atoms with van der Waals surface area (Å²) in [4.78, 5) is 7.00. The standard InChI is InChI=1S/C18H25N3O2S/c1-4-21-12-10-17(14(2)13-21)20(3)24(22,23)18-9-5-8-16-15(18)7-6-11-19-16/h5-9,11,14,17H,4,10,12-13H2,1-3H3. The van der Waals surface area contributed by atoms with Crippen molar-refractivity contribution in [2.24, 2.45) is 5.92 Å². The highest BCUT2D eigenvalue weighted by atomic mass is 32.2. The molecule has 2 unspecified atom stereocenters. The van der Waals surface area contributed by atoms with Crippen molar-refractivity contribution >= 4 is 20.9 Å². The van der Waals surface area contributed by atoms with E-state index >= 15 is 0 Å². The van der Waals surface area contributed by atoms with Crippen LogP contribution in [-0.2, 0) is 10.0 Å². The lowest BCUT2D eigenvalue weighted by Gasteiger charge is -2.40. The Morgan fingerprint density at radius 3 is 2.79 bits per heavy atom. The van der Waals surface area contributed by atoms with E-state index in [0.29, 0.717) is 21.7 Å². The van der Waals surface area contributed by atoms with Crippen LogP contribution in [0.25, 0.3) is 10.9 Å². The van der Waals surface area contributed by atoms with Crippen LogP contribution < -0.4 is 0 Å². The molecule has 0 N–H and O–H groups in total. The van der Waals surface area contributed by atoms with Crippen LogP contribution in [0.3, 0.4) is 0 Å². The third-order valence-electron chi connectivity index (χ3n) is 5.12. The van der Waals surface area contributed by atoms with Gasteiger partial charge in [-0.2, -0.15) is 4.31 Å². The summed E-state index contributed by atoms with van der Waals surface area (Å²) >= 11 is 0. The molecular weight excluding hydrogens is 322 g/mol. The number of hydrogen-bond acceptors (Lipinski definition) is 4. The van der Waals surface area contributed by atoms with Gasteiger partial charge in [0.1, 0.15) is 0 Å². The predicted octanol–water partition coefficient (Wildman–Crippen LogP) is 2.59. The number of sulfonamides is 1. The molecule has 0 saturated carbocycles. The number of nitrogens with zero attached hydrogens (tertiary/aromatic N) is 3. The molecule has 1 saturated heterocycles. The Morgan fingerprint density at radius 2 is 2.08 bits per heavy atom. The van der Waals surface area contributed by atoms with Crippen molar-refractivity contribution < 1.29 is 8.42 Å². The first-order chi connectivity index (χ1) is 11.4. The van der Waals surface area contributed by atoms with Crippen molar-refractivity contribution in [3.8, 4) is 0 Å². The number of fused-ring (bicyclic) bond motifs is 1. The summed E-state index contributed by atoms with van der Waals surface area (Å²) in [5.41, 5.74) is 0.709. The monoisotopic (exact) mass is 347 g/mol. The molecule has 5 nitrogen and oxygen atoms in total. The zero-order valence-corrected chi connectivity index (χ0v) is 15.3. The lowest BCUT2D eigenvalue weighted by Crippen LogP contribution is -2.50. The first kappa shape index (κ1) is 17.3. The molecule has 2 heterocycles. The first-order valence-electron chi connectivity index (χ1n) is 8.49. The second-order valence-electron chi connectivity index (χ2n) is 6.57. The first-order valence-corrected chi connectivity index (χ1v) is 9.93. The van der Waals surface area contributed by atoms with Crippen LogP contribution in [0.15, 0.2) is 41.4 Å². The van der Waals surface area contributed by atoms with Gasteiger partial charge >= 0.3 is 0 Å². The number of rotatable bonds is 4. The van der Waals surface area contributed by atoms with Gasteiger partial charge in [-0.25, -0.2) is 8.42 Å². The molecule has 2 aromatic rings. The SMILES string of the molecule is CCN1CCC(N(C)S(=O)(=O)c2cccc3ncccc23)C(C)C1. The quantitative estimate of drug-likeness (QED) is 0.853. The molecule has 3 rings (SSSR count). The lowest BCUT2D eigenvalue weighted by molar-refractivity contribution is 0.123. The molecule has 24 heavy (non-hydrogen) atoms. The highest BCUT2D eigenvalue weighted by molar-refractivity contribution is 7.89. The maximum absolute atomic E-state index is 13.2. The van der Waals surface area contributed by atoms with E-state index in [9.17, 15) is 8.42 Å². The Hall–Kier alpha value is -1.50. The summed E-state index contributed by atoms with van der Waals surface area (Å²) in [6.45, 7) is 7.20. The number of benzene rings is 1. The fourth-order valence-corrected chi connectivity index (χ4v) is 5.36. The van der Waals surface area contributed by atoms with Gasteiger partial charge in [0.15, 0.2) is 0 Å². The van der Waals surface area contributed by atoms with Gasteiger partial charge in [-0.1, -0.05) is 19.9 Å². The Balaban J connectivity index is 1.95. The normalized spacial score (nSPS) is 23.0. The number of aromatic nitrogens is 1. The van der Waals surface area contributed by atoms with Gasteiger partial charge < -0.3 is 4.90 Å². The fraction of sp³-hybridized carbons (Fsp3) is 0.500. The van der Waals surface area contributed by atoms with E-state index in [1.165, 1.54) is 0 Å². The van der Waals surface area contributed by atoms with Gasteiger partial charge in [0.25, 0.3) is 0 Å². The molecule has 1 fully saturated rings. The number of likely N-dealkylation sites (tertiary alicyclic amines) is 1. The molecular formula is C18H25N3O2S. The predicted molar refractivity (Wildman–Crippen MR) is 96.4 cm³/mol. The minimum Gasteiger partial charge on any atom is -0.303 e. The number of pyridine rings is 1. The smallest absolute Gasteiger partial charge is 0.243 e. The van der Waals surface area contributed by atoms with Crippen molar-refractivity contribution in [3.63, 3.8) is 0 Å². The third-order valence-corrected chi connectivity index (χ3v) is 7.06. The van der Waals surface area contributed by atoms with Gasteiger partial charge in [-0.15, -0.1) is 0 Å². The Bertz CT molecular complexity index is 817. The Kier molecular flexibility index (Phi) is 4.90. The van der Waals surface area contributed by atoms with Gasteiger partial charge in [0.2, 0.25) is 10.0 Å². The third kappa shape index (κ3) is 3.06. The summed E-state index contributed by atoms with van der Waals surface area (Å²) in [6, 6.07) is 8.93. The minimum atomic E-state index is -3.55. The topological polar surface area (TPSA) is 53.5 Å². The number of piperidine rings is 1. The van der Waals surface area contributed by atoms with Crippen LogP contribution in [0.2, 0.25) is 0 Å². The summed E-state index contributed by atoms with van der Waals surface area (Å²) in [7, 11) is -1.83. The fourth-order valence-electron chi connectivity index (χ4n) is 3.68. The van der Waals surface area contributed by atoms with E-state index in [1.807, 2.05) is 12.1 Å². The molecule has 0 aliphatic carbocycles. The number of hydrogen-bond donors (Lipinski definition) is 0. The minimum absolute atomic E-state index is 0.0322. The van der Waals surface area contributed by atoms with Crippen LogP contribution in [0, 0.1) is 5.92 Å². The second-order valence-corrected chi connectivity index (χ2v) is 8.54. The van der Waals surface area contributed by atoms with Crippen molar-refractivity contribution in [2.75, 3.05) is 26.7 Å². The van der Waals surface area contributed by atoms with Crippen molar-refractivity contribution in [1.29, 1.82) is 0 Å². The zero-order chi connectivity index (χ0) is 17.3. The van der Waals surface area contributed by atoms with E-state index in [-0.39, 0.29) is 6.04 Å². The van der Waals surface area contributed by atoms with Gasteiger partial charge in [-0.05, 0) is 49.7 Å². The summed E-state index contributed by atoms with van der Waals surface area (Å²) in [5, 5.41) is 0.686. The average Bonchev–Trinajstić information content (AvgIpc) is 2.60. The zero-order valence-electron chi connectivity index (χ0n) is 14.5. The molecule has 0 radical (unpaired) electrons. The largest absolute Gasteiger partial charge is 0.303 e. The van der Waals surface area contributed by atoms with Crippen LogP contribution in [0.5, 0.6) is 0 Å². The van der Waals surface area contributed by atoms with Crippen molar-refractivity contribution in [1.82, 2.24) is 14.2 Å². The van der Waals surface area contributed by atoms with Gasteiger partial charge in [-0.3, -0.25) is 4.98 Å². The van der Waals surface area contributed by atoms with E-state index in [1.54, 1.807) is 35.7 Å². The van der Waals surface area contributed by atoms with E-state index in [0.717, 1.165) is 26.1 Å². The molecule has 130 valence electrons. The highest BCUT2D eigenvalue weighted by Crippen LogP contribution is 2.29. The molecule has 6 heteroatoms. The molecule has 1 aliphatic rings. The summed E-state index contributed by atoms with van der Waals surface area (Å²) in [5.74, 6) is 0.312. The molecule has 1 aromatic carbocycles. The molecule has 0 amide bonds. The highest BCUT2D eigenvalue weighted by Gasteiger charge is 2.35. The molecule has 1 aliphatic heterocycles. The summed E-state index contributed by atoms with van der Waals surface area (Å²) < 4.78 is 28.0. The lowest BCUT2D eigenvalue weighted by atomic mass is 9.94.